The van der Waals surface area contributed by atoms with E-state index in [0.29, 0.717) is 19.8 Å². The highest BCUT2D eigenvalue weighted by atomic mass is 16.5. The maximum atomic E-state index is 12.1. The molecule has 1 heterocycles. The minimum absolute atomic E-state index is 0.00436. The zero-order valence-corrected chi connectivity index (χ0v) is 13.7. The molecule has 2 atom stereocenters. The van der Waals surface area contributed by atoms with Crippen molar-refractivity contribution in [2.24, 2.45) is 0 Å². The van der Waals surface area contributed by atoms with Crippen molar-refractivity contribution in [3.8, 4) is 5.75 Å². The van der Waals surface area contributed by atoms with Gasteiger partial charge in [-0.05, 0) is 51.6 Å². The molecule has 0 aromatic heterocycles. The number of ether oxygens (including phenoxy) is 2. The topological polar surface area (TPSA) is 50.8 Å². The lowest BCUT2D eigenvalue weighted by Crippen LogP contribution is -2.39. The van der Waals surface area contributed by atoms with E-state index in [1.54, 1.807) is 0 Å². The third-order valence-electron chi connectivity index (χ3n) is 3.89. The fraction of sp³-hybridized carbons (Fsp3) is 0.588. The average molecular weight is 306 g/mol. The third kappa shape index (κ3) is 4.45. The van der Waals surface area contributed by atoms with Crippen molar-refractivity contribution < 1.29 is 14.3 Å². The lowest BCUT2D eigenvalue weighted by atomic mass is 10.1. The molecule has 0 saturated carbocycles. The highest BCUT2D eigenvalue weighted by Gasteiger charge is 2.24. The van der Waals surface area contributed by atoms with E-state index < -0.39 is 0 Å². The molecule has 1 fully saturated rings. The summed E-state index contributed by atoms with van der Waals surface area (Å²) in [6.45, 7) is 3.89. The van der Waals surface area contributed by atoms with Crippen molar-refractivity contribution in [3.05, 3.63) is 29.8 Å². The first-order chi connectivity index (χ1) is 10.6. The number of carbonyl (C=O) groups is 1. The Kier molecular flexibility index (Phi) is 6.21. The lowest BCUT2D eigenvalue weighted by molar-refractivity contribution is -0.130. The second kappa shape index (κ2) is 8.15. The SMILES string of the molecule is CCOc1ccc(C(CNC(=O)C2CCCO2)N(C)C)cc1. The molecule has 1 aliphatic rings. The maximum absolute atomic E-state index is 12.1. The zero-order chi connectivity index (χ0) is 15.9. The quantitative estimate of drug-likeness (QED) is 0.837. The Labute approximate surface area is 132 Å². The number of amides is 1. The van der Waals surface area contributed by atoms with Gasteiger partial charge in [0, 0.05) is 13.2 Å². The molecule has 0 bridgehead atoms. The van der Waals surface area contributed by atoms with E-state index in [1.165, 1.54) is 0 Å². The molecule has 1 aliphatic heterocycles. The van der Waals surface area contributed by atoms with Crippen molar-refractivity contribution in [1.29, 1.82) is 0 Å². The summed E-state index contributed by atoms with van der Waals surface area (Å²) in [7, 11) is 4.03. The summed E-state index contributed by atoms with van der Waals surface area (Å²) in [5.41, 5.74) is 1.15. The number of nitrogens with zero attached hydrogens (tertiary/aromatic N) is 1. The molecule has 1 aromatic rings. The standard InChI is InChI=1S/C17H26N2O3/c1-4-21-14-9-7-13(8-10-14)15(19(2)3)12-18-17(20)16-6-5-11-22-16/h7-10,15-16H,4-6,11-12H2,1-3H3,(H,18,20). The Morgan fingerprint density at radius 1 is 1.41 bits per heavy atom. The van der Waals surface area contributed by atoms with E-state index in [9.17, 15) is 4.79 Å². The molecule has 1 N–H and O–H groups in total. The summed E-state index contributed by atoms with van der Waals surface area (Å²) in [5.74, 6) is 0.863. The van der Waals surface area contributed by atoms with Crippen molar-refractivity contribution in [3.63, 3.8) is 0 Å². The first kappa shape index (κ1) is 16.8. The summed E-state index contributed by atoms with van der Waals surface area (Å²) in [6, 6.07) is 8.16. The van der Waals surface area contributed by atoms with Gasteiger partial charge in [0.05, 0.1) is 12.6 Å². The Morgan fingerprint density at radius 2 is 2.14 bits per heavy atom. The predicted molar refractivity (Wildman–Crippen MR) is 86.0 cm³/mol. The van der Waals surface area contributed by atoms with Crippen molar-refractivity contribution in [1.82, 2.24) is 10.2 Å². The van der Waals surface area contributed by atoms with Gasteiger partial charge in [-0.15, -0.1) is 0 Å². The molecule has 5 nitrogen and oxygen atoms in total. The van der Waals surface area contributed by atoms with Crippen LogP contribution in [0.2, 0.25) is 0 Å². The molecular weight excluding hydrogens is 280 g/mol. The van der Waals surface area contributed by atoms with Crippen molar-refractivity contribution >= 4 is 5.91 Å². The molecule has 1 amide bonds. The van der Waals surface area contributed by atoms with E-state index in [-0.39, 0.29) is 18.1 Å². The second-order valence-electron chi connectivity index (χ2n) is 5.73. The van der Waals surface area contributed by atoms with E-state index >= 15 is 0 Å². The van der Waals surface area contributed by atoms with Gasteiger partial charge in [0.1, 0.15) is 11.9 Å². The van der Waals surface area contributed by atoms with Crippen molar-refractivity contribution in [2.45, 2.75) is 31.9 Å². The largest absolute Gasteiger partial charge is 0.494 e. The number of benzene rings is 1. The maximum Gasteiger partial charge on any atom is 0.249 e. The molecule has 122 valence electrons. The van der Waals surface area contributed by atoms with Gasteiger partial charge in [0.2, 0.25) is 5.91 Å². The van der Waals surface area contributed by atoms with E-state index in [0.717, 1.165) is 24.2 Å². The van der Waals surface area contributed by atoms with Crippen LogP contribution in [0.3, 0.4) is 0 Å². The highest BCUT2D eigenvalue weighted by molar-refractivity contribution is 5.81. The number of hydrogen-bond donors (Lipinski definition) is 1. The van der Waals surface area contributed by atoms with Crippen molar-refractivity contribution in [2.75, 3.05) is 33.9 Å². The Balaban J connectivity index is 1.95. The summed E-state index contributed by atoms with van der Waals surface area (Å²) < 4.78 is 10.9. The smallest absolute Gasteiger partial charge is 0.249 e. The molecule has 22 heavy (non-hydrogen) atoms. The zero-order valence-electron chi connectivity index (χ0n) is 13.7. The van der Waals surface area contributed by atoms with Crippen LogP contribution < -0.4 is 10.1 Å². The van der Waals surface area contributed by atoms with Gasteiger partial charge in [-0.25, -0.2) is 0 Å². The summed E-state index contributed by atoms with van der Waals surface area (Å²) in [5, 5.41) is 3.01. The number of nitrogens with one attached hydrogen (secondary N) is 1. The van der Waals surface area contributed by atoms with Gasteiger partial charge in [-0.1, -0.05) is 12.1 Å². The first-order valence-electron chi connectivity index (χ1n) is 7.90. The second-order valence-corrected chi connectivity index (χ2v) is 5.73. The Bertz CT molecular complexity index is 467. The van der Waals surface area contributed by atoms with E-state index in [4.69, 9.17) is 9.47 Å². The molecule has 1 saturated heterocycles. The van der Waals surface area contributed by atoms with E-state index in [2.05, 4.69) is 10.2 Å². The molecule has 2 unspecified atom stereocenters. The Hall–Kier alpha value is -1.59. The first-order valence-corrected chi connectivity index (χ1v) is 7.90. The van der Waals surface area contributed by atoms with Crippen LogP contribution in [0, 0.1) is 0 Å². The van der Waals surface area contributed by atoms with Gasteiger partial charge in [-0.2, -0.15) is 0 Å². The summed E-state index contributed by atoms with van der Waals surface area (Å²) >= 11 is 0. The minimum Gasteiger partial charge on any atom is -0.494 e. The van der Waals surface area contributed by atoms with Crippen LogP contribution in [0.15, 0.2) is 24.3 Å². The number of rotatable bonds is 7. The van der Waals surface area contributed by atoms with Gasteiger partial charge in [0.15, 0.2) is 0 Å². The molecule has 0 spiro atoms. The van der Waals surface area contributed by atoms with Gasteiger partial charge < -0.3 is 19.7 Å². The van der Waals surface area contributed by atoms with Crippen LogP contribution in [0.1, 0.15) is 31.4 Å². The monoisotopic (exact) mass is 306 g/mol. The molecule has 1 aromatic carbocycles. The Morgan fingerprint density at radius 3 is 2.68 bits per heavy atom. The number of likely N-dealkylation sites (N-methyl/N-ethyl adjacent to an activating group) is 1. The number of hydrogen-bond acceptors (Lipinski definition) is 4. The molecule has 5 heteroatoms. The lowest BCUT2D eigenvalue weighted by Gasteiger charge is -2.26. The molecule has 0 radical (unpaired) electrons. The van der Waals surface area contributed by atoms with Crippen LogP contribution in [0.4, 0.5) is 0 Å². The normalized spacial score (nSPS) is 19.2. The fourth-order valence-electron chi connectivity index (χ4n) is 2.65. The molecular formula is C17H26N2O3. The predicted octanol–water partition coefficient (Wildman–Crippen LogP) is 1.98. The molecule has 0 aliphatic carbocycles. The van der Waals surface area contributed by atoms with Gasteiger partial charge in [-0.3, -0.25) is 4.79 Å². The minimum atomic E-state index is -0.275. The molecule has 2 rings (SSSR count). The van der Waals surface area contributed by atoms with Gasteiger partial charge >= 0.3 is 0 Å². The van der Waals surface area contributed by atoms with Crippen LogP contribution in [-0.4, -0.2) is 50.8 Å². The summed E-state index contributed by atoms with van der Waals surface area (Å²) in [6.07, 6.45) is 1.51. The fourth-order valence-corrected chi connectivity index (χ4v) is 2.65. The average Bonchev–Trinajstić information content (AvgIpc) is 3.03. The third-order valence-corrected chi connectivity index (χ3v) is 3.89. The van der Waals surface area contributed by atoms with Crippen LogP contribution in [0.25, 0.3) is 0 Å². The highest BCUT2D eigenvalue weighted by Crippen LogP contribution is 2.21. The van der Waals surface area contributed by atoms with Crippen LogP contribution >= 0.6 is 0 Å². The number of carbonyl (C=O) groups excluding carboxylic acids is 1. The van der Waals surface area contributed by atoms with Gasteiger partial charge in [0.25, 0.3) is 0 Å². The van der Waals surface area contributed by atoms with Crippen LogP contribution in [-0.2, 0) is 9.53 Å². The summed E-state index contributed by atoms with van der Waals surface area (Å²) in [4.78, 5) is 14.2. The van der Waals surface area contributed by atoms with E-state index in [1.807, 2.05) is 45.3 Å². The van der Waals surface area contributed by atoms with Crippen LogP contribution in [0.5, 0.6) is 5.75 Å².